The lowest BCUT2D eigenvalue weighted by Crippen LogP contribution is -2.56. The maximum atomic E-state index is 11.1. The number of hydrogen-bond acceptors (Lipinski definition) is 5. The SMILES string of the molecule is CC(=O)Oc1ccc(CN2C[C@@H]3C[C@@H](O)CN3C[C@H]2Cc2ccccc2)cc1. The van der Waals surface area contributed by atoms with Crippen LogP contribution in [0.1, 0.15) is 24.5 Å². The van der Waals surface area contributed by atoms with Gasteiger partial charge in [0.1, 0.15) is 5.75 Å². The van der Waals surface area contributed by atoms with Crippen LogP contribution in [0, 0.1) is 0 Å². The van der Waals surface area contributed by atoms with E-state index in [0.717, 1.165) is 39.0 Å². The molecule has 2 aromatic carbocycles. The molecule has 0 spiro atoms. The topological polar surface area (TPSA) is 53.0 Å². The first kappa shape index (κ1) is 19.1. The standard InChI is InChI=1S/C23H28N2O3/c1-17(26)28-23-9-7-19(8-10-23)13-24-15-21-12-22(27)16-25(21)14-20(24)11-18-5-3-2-4-6-18/h2-10,20-22,27H,11-16H2,1H3/t20-,21+,22-/m1/s1. The van der Waals surface area contributed by atoms with Gasteiger partial charge in [0.25, 0.3) is 0 Å². The van der Waals surface area contributed by atoms with E-state index in [-0.39, 0.29) is 12.1 Å². The highest BCUT2D eigenvalue weighted by molar-refractivity contribution is 5.69. The summed E-state index contributed by atoms with van der Waals surface area (Å²) >= 11 is 0. The smallest absolute Gasteiger partial charge is 0.308 e. The van der Waals surface area contributed by atoms with Crippen molar-refractivity contribution < 1.29 is 14.6 Å². The highest BCUT2D eigenvalue weighted by Crippen LogP contribution is 2.28. The van der Waals surface area contributed by atoms with Gasteiger partial charge in [0.15, 0.2) is 0 Å². The summed E-state index contributed by atoms with van der Waals surface area (Å²) in [6.45, 7) is 5.03. The first-order valence-corrected chi connectivity index (χ1v) is 10.0. The van der Waals surface area contributed by atoms with Crippen molar-refractivity contribution in [2.24, 2.45) is 0 Å². The lowest BCUT2D eigenvalue weighted by atomic mass is 9.99. The second-order valence-electron chi connectivity index (χ2n) is 8.01. The fraction of sp³-hybridized carbons (Fsp3) is 0.435. The summed E-state index contributed by atoms with van der Waals surface area (Å²) in [5.74, 6) is 0.285. The van der Waals surface area contributed by atoms with Gasteiger partial charge >= 0.3 is 5.97 Å². The van der Waals surface area contributed by atoms with Crippen LogP contribution in [0.15, 0.2) is 54.6 Å². The van der Waals surface area contributed by atoms with Gasteiger partial charge in [0.05, 0.1) is 6.10 Å². The first-order chi connectivity index (χ1) is 13.6. The molecule has 2 aliphatic heterocycles. The zero-order chi connectivity index (χ0) is 19.5. The largest absolute Gasteiger partial charge is 0.427 e. The lowest BCUT2D eigenvalue weighted by molar-refractivity contribution is -0.131. The second kappa shape index (κ2) is 8.43. The Morgan fingerprint density at radius 3 is 2.50 bits per heavy atom. The quantitative estimate of drug-likeness (QED) is 0.638. The molecule has 2 aromatic rings. The van der Waals surface area contributed by atoms with E-state index in [2.05, 4.69) is 40.1 Å². The van der Waals surface area contributed by atoms with Crippen molar-refractivity contribution in [2.45, 2.75) is 44.5 Å². The summed E-state index contributed by atoms with van der Waals surface area (Å²) in [5.41, 5.74) is 2.56. The van der Waals surface area contributed by atoms with Crippen LogP contribution in [0.25, 0.3) is 0 Å². The van der Waals surface area contributed by atoms with E-state index in [4.69, 9.17) is 4.74 Å². The van der Waals surface area contributed by atoms with E-state index in [9.17, 15) is 9.90 Å². The van der Waals surface area contributed by atoms with Gasteiger partial charge in [-0.2, -0.15) is 0 Å². The van der Waals surface area contributed by atoms with Crippen LogP contribution in [-0.4, -0.2) is 58.7 Å². The molecule has 0 unspecified atom stereocenters. The minimum absolute atomic E-state index is 0.203. The van der Waals surface area contributed by atoms with Crippen molar-refractivity contribution in [1.82, 2.24) is 9.80 Å². The van der Waals surface area contributed by atoms with Gasteiger partial charge in [-0.15, -0.1) is 0 Å². The summed E-state index contributed by atoms with van der Waals surface area (Å²) in [4.78, 5) is 16.1. The fourth-order valence-electron chi connectivity index (χ4n) is 4.51. The summed E-state index contributed by atoms with van der Waals surface area (Å²) in [5, 5.41) is 10.1. The molecule has 0 saturated carbocycles. The molecule has 0 aromatic heterocycles. The summed E-state index contributed by atoms with van der Waals surface area (Å²) in [6.07, 6.45) is 1.66. The van der Waals surface area contributed by atoms with E-state index < -0.39 is 0 Å². The van der Waals surface area contributed by atoms with E-state index in [0.29, 0.717) is 17.8 Å². The number of nitrogens with zero attached hydrogens (tertiary/aromatic N) is 2. The van der Waals surface area contributed by atoms with Crippen LogP contribution < -0.4 is 4.74 Å². The van der Waals surface area contributed by atoms with Crippen molar-refractivity contribution in [3.8, 4) is 5.75 Å². The number of hydrogen-bond donors (Lipinski definition) is 1. The second-order valence-corrected chi connectivity index (χ2v) is 8.01. The molecule has 0 aliphatic carbocycles. The summed E-state index contributed by atoms with van der Waals surface area (Å²) in [7, 11) is 0. The Balaban J connectivity index is 1.48. The number of piperazine rings is 1. The molecule has 2 heterocycles. The Morgan fingerprint density at radius 1 is 1.04 bits per heavy atom. The zero-order valence-electron chi connectivity index (χ0n) is 16.3. The number of benzene rings is 2. The van der Waals surface area contributed by atoms with Crippen molar-refractivity contribution in [2.75, 3.05) is 19.6 Å². The Hall–Kier alpha value is -2.21. The van der Waals surface area contributed by atoms with Gasteiger partial charge < -0.3 is 9.84 Å². The zero-order valence-corrected chi connectivity index (χ0v) is 16.3. The predicted molar refractivity (Wildman–Crippen MR) is 108 cm³/mol. The fourth-order valence-corrected chi connectivity index (χ4v) is 4.51. The van der Waals surface area contributed by atoms with E-state index in [1.165, 1.54) is 18.1 Å². The molecule has 4 rings (SSSR count). The van der Waals surface area contributed by atoms with Crippen molar-refractivity contribution in [3.05, 3.63) is 65.7 Å². The lowest BCUT2D eigenvalue weighted by Gasteiger charge is -2.44. The summed E-state index contributed by atoms with van der Waals surface area (Å²) in [6, 6.07) is 19.3. The van der Waals surface area contributed by atoms with Crippen molar-refractivity contribution in [1.29, 1.82) is 0 Å². The van der Waals surface area contributed by atoms with Crippen molar-refractivity contribution >= 4 is 5.97 Å². The average Bonchev–Trinajstić information content (AvgIpc) is 3.03. The third kappa shape index (κ3) is 4.61. The first-order valence-electron chi connectivity index (χ1n) is 10.0. The maximum absolute atomic E-state index is 11.1. The number of ether oxygens (including phenoxy) is 1. The number of esters is 1. The maximum Gasteiger partial charge on any atom is 0.308 e. The van der Waals surface area contributed by atoms with Crippen LogP contribution in [-0.2, 0) is 17.8 Å². The number of fused-ring (bicyclic) bond motifs is 1. The third-order valence-electron chi connectivity index (χ3n) is 5.80. The molecule has 2 aliphatic rings. The average molecular weight is 380 g/mol. The number of carbonyl (C=O) groups excluding carboxylic acids is 1. The Kier molecular flexibility index (Phi) is 5.76. The predicted octanol–water partition coefficient (Wildman–Crippen LogP) is 2.47. The molecule has 148 valence electrons. The van der Waals surface area contributed by atoms with Crippen LogP contribution in [0.5, 0.6) is 5.75 Å². The molecule has 1 N–H and O–H groups in total. The number of rotatable bonds is 5. The molecule has 5 nitrogen and oxygen atoms in total. The van der Waals surface area contributed by atoms with Crippen LogP contribution in [0.4, 0.5) is 0 Å². The van der Waals surface area contributed by atoms with Gasteiger partial charge in [-0.25, -0.2) is 0 Å². The van der Waals surface area contributed by atoms with Gasteiger partial charge in [-0.05, 0) is 36.1 Å². The molecule has 5 heteroatoms. The monoisotopic (exact) mass is 380 g/mol. The van der Waals surface area contributed by atoms with Crippen molar-refractivity contribution in [3.63, 3.8) is 0 Å². The van der Waals surface area contributed by atoms with E-state index in [1.807, 2.05) is 24.3 Å². The molecule has 0 amide bonds. The van der Waals surface area contributed by atoms with E-state index in [1.54, 1.807) is 0 Å². The molecular formula is C23H28N2O3. The molecule has 0 radical (unpaired) electrons. The highest BCUT2D eigenvalue weighted by atomic mass is 16.5. The highest BCUT2D eigenvalue weighted by Gasteiger charge is 2.39. The molecule has 2 fully saturated rings. The van der Waals surface area contributed by atoms with Crippen LogP contribution in [0.2, 0.25) is 0 Å². The minimum atomic E-state index is -0.299. The molecule has 28 heavy (non-hydrogen) atoms. The van der Waals surface area contributed by atoms with Gasteiger partial charge in [-0.1, -0.05) is 42.5 Å². The van der Waals surface area contributed by atoms with Crippen LogP contribution >= 0.6 is 0 Å². The van der Waals surface area contributed by atoms with Crippen LogP contribution in [0.3, 0.4) is 0 Å². The molecule has 3 atom stereocenters. The Labute approximate surface area is 166 Å². The van der Waals surface area contributed by atoms with Gasteiger partial charge in [0.2, 0.25) is 0 Å². The summed E-state index contributed by atoms with van der Waals surface area (Å²) < 4.78 is 5.14. The van der Waals surface area contributed by atoms with Gasteiger partial charge in [-0.3, -0.25) is 14.6 Å². The molecule has 0 bridgehead atoms. The number of aliphatic hydroxyl groups is 1. The molecule has 2 saturated heterocycles. The number of aliphatic hydroxyl groups excluding tert-OH is 1. The third-order valence-corrected chi connectivity index (χ3v) is 5.80. The number of carbonyl (C=O) groups is 1. The minimum Gasteiger partial charge on any atom is -0.427 e. The molecular weight excluding hydrogens is 352 g/mol. The van der Waals surface area contributed by atoms with Gasteiger partial charge in [0, 0.05) is 45.2 Å². The Morgan fingerprint density at radius 2 is 1.79 bits per heavy atom. The van der Waals surface area contributed by atoms with E-state index >= 15 is 0 Å². The normalized spacial score (nSPS) is 25.4. The Bertz CT molecular complexity index is 793.